The minimum atomic E-state index is -0.820. The van der Waals surface area contributed by atoms with Gasteiger partial charge >= 0.3 is 0 Å². The predicted molar refractivity (Wildman–Crippen MR) is 83.4 cm³/mol. The van der Waals surface area contributed by atoms with Crippen LogP contribution < -0.4 is 4.74 Å². The van der Waals surface area contributed by atoms with Gasteiger partial charge < -0.3 is 9.84 Å². The minimum absolute atomic E-state index is 0.0960. The molecule has 1 atom stereocenters. The Bertz CT molecular complexity index is 742. The molecule has 0 aliphatic carbocycles. The molecule has 0 aromatic heterocycles. The third-order valence-electron chi connectivity index (χ3n) is 3.36. The second-order valence-corrected chi connectivity index (χ2v) is 4.92. The number of hydrogen-bond donors (Lipinski definition) is 1. The van der Waals surface area contributed by atoms with Crippen molar-refractivity contribution in [1.82, 2.24) is 0 Å². The van der Waals surface area contributed by atoms with Crippen molar-refractivity contribution >= 4 is 0 Å². The molecule has 0 aliphatic heterocycles. The zero-order valence-corrected chi connectivity index (χ0v) is 11.8. The SMILES string of the molecule is O[C@H](c1ccccc1)c1ccc(F)c(Oc2ccccc2)c1. The Balaban J connectivity index is 1.90. The number of aliphatic hydroxyl groups excluding tert-OH is 1. The molecule has 0 radical (unpaired) electrons. The van der Waals surface area contributed by atoms with E-state index in [1.54, 1.807) is 18.2 Å². The Hall–Kier alpha value is -2.65. The van der Waals surface area contributed by atoms with Gasteiger partial charge in [0.25, 0.3) is 0 Å². The van der Waals surface area contributed by atoms with Gasteiger partial charge in [0.15, 0.2) is 11.6 Å². The average Bonchev–Trinajstić information content (AvgIpc) is 2.58. The zero-order chi connectivity index (χ0) is 15.4. The molecule has 0 heterocycles. The molecule has 3 rings (SSSR count). The van der Waals surface area contributed by atoms with Gasteiger partial charge in [0.1, 0.15) is 11.9 Å². The molecular weight excluding hydrogens is 279 g/mol. The van der Waals surface area contributed by atoms with Crippen molar-refractivity contribution in [1.29, 1.82) is 0 Å². The van der Waals surface area contributed by atoms with E-state index in [-0.39, 0.29) is 5.75 Å². The molecule has 0 fully saturated rings. The molecule has 2 nitrogen and oxygen atoms in total. The number of benzene rings is 3. The fourth-order valence-corrected chi connectivity index (χ4v) is 2.21. The summed E-state index contributed by atoms with van der Waals surface area (Å²) in [5, 5.41) is 10.4. The van der Waals surface area contributed by atoms with E-state index in [2.05, 4.69) is 0 Å². The summed E-state index contributed by atoms with van der Waals surface area (Å²) in [5.74, 6) is 0.180. The van der Waals surface area contributed by atoms with Gasteiger partial charge in [-0.2, -0.15) is 0 Å². The summed E-state index contributed by atoms with van der Waals surface area (Å²) in [6.07, 6.45) is -0.820. The Morgan fingerprint density at radius 1 is 0.773 bits per heavy atom. The van der Waals surface area contributed by atoms with Crippen molar-refractivity contribution in [3.05, 3.63) is 95.8 Å². The molecule has 1 N–H and O–H groups in total. The van der Waals surface area contributed by atoms with E-state index in [0.717, 1.165) is 5.56 Å². The van der Waals surface area contributed by atoms with Gasteiger partial charge in [-0.05, 0) is 35.4 Å². The molecule has 3 heteroatoms. The van der Waals surface area contributed by atoms with Crippen LogP contribution in [0.15, 0.2) is 78.9 Å². The highest BCUT2D eigenvalue weighted by Gasteiger charge is 2.13. The molecule has 0 saturated heterocycles. The third kappa shape index (κ3) is 3.15. The van der Waals surface area contributed by atoms with E-state index in [4.69, 9.17) is 4.74 Å². The molecule has 3 aromatic carbocycles. The molecule has 0 unspecified atom stereocenters. The number of rotatable bonds is 4. The molecule has 22 heavy (non-hydrogen) atoms. The normalized spacial score (nSPS) is 11.9. The summed E-state index contributed by atoms with van der Waals surface area (Å²) < 4.78 is 19.5. The zero-order valence-electron chi connectivity index (χ0n) is 11.8. The van der Waals surface area contributed by atoms with Crippen molar-refractivity contribution in [2.24, 2.45) is 0 Å². The largest absolute Gasteiger partial charge is 0.454 e. The van der Waals surface area contributed by atoms with Crippen LogP contribution in [0.25, 0.3) is 0 Å². The molecule has 0 spiro atoms. The maximum Gasteiger partial charge on any atom is 0.165 e. The lowest BCUT2D eigenvalue weighted by atomic mass is 10.0. The van der Waals surface area contributed by atoms with Crippen LogP contribution in [0.3, 0.4) is 0 Å². The summed E-state index contributed by atoms with van der Waals surface area (Å²) in [7, 11) is 0. The Morgan fingerprint density at radius 3 is 2.09 bits per heavy atom. The van der Waals surface area contributed by atoms with Crippen LogP contribution in [0.5, 0.6) is 11.5 Å². The highest BCUT2D eigenvalue weighted by Crippen LogP contribution is 2.29. The highest BCUT2D eigenvalue weighted by molar-refractivity contribution is 5.38. The van der Waals surface area contributed by atoms with E-state index in [1.165, 1.54) is 12.1 Å². The summed E-state index contributed by atoms with van der Waals surface area (Å²) >= 11 is 0. The number of halogens is 1. The van der Waals surface area contributed by atoms with Crippen LogP contribution in [0.4, 0.5) is 4.39 Å². The lowest BCUT2D eigenvalue weighted by Crippen LogP contribution is -2.00. The number of ether oxygens (including phenoxy) is 1. The summed E-state index contributed by atoms with van der Waals surface area (Å²) in [6, 6.07) is 22.6. The second-order valence-electron chi connectivity index (χ2n) is 4.92. The fourth-order valence-electron chi connectivity index (χ4n) is 2.21. The first kappa shape index (κ1) is 14.3. The van der Waals surface area contributed by atoms with Crippen molar-refractivity contribution in [2.45, 2.75) is 6.10 Å². The fraction of sp³-hybridized carbons (Fsp3) is 0.0526. The Morgan fingerprint density at radius 2 is 1.41 bits per heavy atom. The average molecular weight is 294 g/mol. The smallest absolute Gasteiger partial charge is 0.165 e. The van der Waals surface area contributed by atoms with Crippen LogP contribution in [0, 0.1) is 5.82 Å². The van der Waals surface area contributed by atoms with Gasteiger partial charge in [-0.15, -0.1) is 0 Å². The van der Waals surface area contributed by atoms with Crippen LogP contribution in [-0.4, -0.2) is 5.11 Å². The van der Waals surface area contributed by atoms with E-state index in [0.29, 0.717) is 11.3 Å². The quantitative estimate of drug-likeness (QED) is 0.755. The summed E-state index contributed by atoms with van der Waals surface area (Å²) in [5.41, 5.74) is 1.33. The monoisotopic (exact) mass is 294 g/mol. The summed E-state index contributed by atoms with van der Waals surface area (Å²) in [6.45, 7) is 0. The van der Waals surface area contributed by atoms with Crippen molar-refractivity contribution in [3.8, 4) is 11.5 Å². The number of para-hydroxylation sites is 1. The van der Waals surface area contributed by atoms with Gasteiger partial charge in [0, 0.05) is 0 Å². The van der Waals surface area contributed by atoms with Gasteiger partial charge in [0.05, 0.1) is 0 Å². The van der Waals surface area contributed by atoms with Gasteiger partial charge in [0.2, 0.25) is 0 Å². The van der Waals surface area contributed by atoms with Crippen molar-refractivity contribution < 1.29 is 14.2 Å². The molecule has 0 bridgehead atoms. The van der Waals surface area contributed by atoms with Gasteiger partial charge in [-0.1, -0.05) is 54.6 Å². The molecule has 3 aromatic rings. The minimum Gasteiger partial charge on any atom is -0.454 e. The first-order chi connectivity index (χ1) is 10.7. The molecule has 110 valence electrons. The first-order valence-corrected chi connectivity index (χ1v) is 6.99. The first-order valence-electron chi connectivity index (χ1n) is 6.99. The standard InChI is InChI=1S/C19H15FO2/c20-17-12-11-15(19(21)14-7-3-1-4-8-14)13-18(17)22-16-9-5-2-6-10-16/h1-13,19,21H/t19-/m1/s1. The van der Waals surface area contributed by atoms with E-state index in [9.17, 15) is 9.50 Å². The van der Waals surface area contributed by atoms with E-state index >= 15 is 0 Å². The molecule has 0 amide bonds. The van der Waals surface area contributed by atoms with Crippen LogP contribution in [0.2, 0.25) is 0 Å². The van der Waals surface area contributed by atoms with Crippen LogP contribution >= 0.6 is 0 Å². The number of hydrogen-bond acceptors (Lipinski definition) is 2. The predicted octanol–water partition coefficient (Wildman–Crippen LogP) is 4.70. The van der Waals surface area contributed by atoms with Crippen molar-refractivity contribution in [2.75, 3.05) is 0 Å². The van der Waals surface area contributed by atoms with E-state index < -0.39 is 11.9 Å². The Labute approximate surface area is 128 Å². The lowest BCUT2D eigenvalue weighted by molar-refractivity contribution is 0.219. The molecular formula is C19H15FO2. The van der Waals surface area contributed by atoms with Crippen LogP contribution in [-0.2, 0) is 0 Å². The maximum atomic E-state index is 13.9. The third-order valence-corrected chi connectivity index (χ3v) is 3.36. The number of aliphatic hydroxyl groups is 1. The Kier molecular flexibility index (Phi) is 4.17. The molecule has 0 saturated carbocycles. The maximum absolute atomic E-state index is 13.9. The highest BCUT2D eigenvalue weighted by atomic mass is 19.1. The van der Waals surface area contributed by atoms with Crippen LogP contribution in [0.1, 0.15) is 17.2 Å². The van der Waals surface area contributed by atoms with E-state index in [1.807, 2.05) is 48.5 Å². The molecule has 0 aliphatic rings. The van der Waals surface area contributed by atoms with Crippen molar-refractivity contribution in [3.63, 3.8) is 0 Å². The second kappa shape index (κ2) is 6.41. The van der Waals surface area contributed by atoms with Gasteiger partial charge in [-0.25, -0.2) is 4.39 Å². The van der Waals surface area contributed by atoms with Gasteiger partial charge in [-0.3, -0.25) is 0 Å². The summed E-state index contributed by atoms with van der Waals surface area (Å²) in [4.78, 5) is 0. The lowest BCUT2D eigenvalue weighted by Gasteiger charge is -2.14. The topological polar surface area (TPSA) is 29.5 Å².